The summed E-state index contributed by atoms with van der Waals surface area (Å²) in [4.78, 5) is 12.1. The Bertz CT molecular complexity index is 647. The van der Waals surface area contributed by atoms with Crippen molar-refractivity contribution in [3.63, 3.8) is 0 Å². The first-order chi connectivity index (χ1) is 9.20. The van der Waals surface area contributed by atoms with E-state index in [4.69, 9.17) is 5.26 Å². The van der Waals surface area contributed by atoms with E-state index in [1.807, 2.05) is 6.07 Å². The summed E-state index contributed by atoms with van der Waals surface area (Å²) in [7, 11) is 0. The molecule has 0 atom stereocenters. The van der Waals surface area contributed by atoms with Gasteiger partial charge in [-0.2, -0.15) is 5.26 Å². The number of amides is 1. The van der Waals surface area contributed by atoms with Gasteiger partial charge in [0.1, 0.15) is 5.82 Å². The Balaban J connectivity index is 2.23. The zero-order valence-electron chi connectivity index (χ0n) is 10.1. The van der Waals surface area contributed by atoms with Crippen molar-refractivity contribution in [2.24, 2.45) is 0 Å². The van der Waals surface area contributed by atoms with Gasteiger partial charge >= 0.3 is 0 Å². The maximum absolute atomic E-state index is 13.0. The Labute approximate surface area is 110 Å². The average molecular weight is 254 g/mol. The topological polar surface area (TPSA) is 52.9 Å². The number of rotatable bonds is 3. The molecule has 0 spiro atoms. The van der Waals surface area contributed by atoms with E-state index >= 15 is 0 Å². The van der Waals surface area contributed by atoms with Crippen LogP contribution in [0.2, 0.25) is 0 Å². The van der Waals surface area contributed by atoms with Gasteiger partial charge in [-0.1, -0.05) is 24.3 Å². The lowest BCUT2D eigenvalue weighted by Gasteiger charge is -2.08. The second kappa shape index (κ2) is 5.78. The summed E-state index contributed by atoms with van der Waals surface area (Å²) >= 11 is 0. The van der Waals surface area contributed by atoms with Crippen LogP contribution in [0.3, 0.4) is 0 Å². The van der Waals surface area contributed by atoms with E-state index in [9.17, 15) is 9.18 Å². The second-order valence-corrected chi connectivity index (χ2v) is 3.96. The molecule has 2 aromatic rings. The smallest absolute Gasteiger partial charge is 0.255 e. The summed E-state index contributed by atoms with van der Waals surface area (Å²) in [5, 5.41) is 11.3. The summed E-state index contributed by atoms with van der Waals surface area (Å²) in [6.07, 6.45) is 0.159. The molecule has 19 heavy (non-hydrogen) atoms. The maximum atomic E-state index is 13.0. The van der Waals surface area contributed by atoms with E-state index in [2.05, 4.69) is 5.32 Å². The quantitative estimate of drug-likeness (QED) is 0.914. The van der Waals surface area contributed by atoms with E-state index < -0.39 is 5.82 Å². The summed E-state index contributed by atoms with van der Waals surface area (Å²) < 4.78 is 13.0. The molecular weight excluding hydrogens is 243 g/mol. The molecule has 0 saturated heterocycles. The average Bonchev–Trinajstić information content (AvgIpc) is 2.39. The fourth-order valence-electron chi connectivity index (χ4n) is 1.75. The molecule has 94 valence electrons. The SMILES string of the molecule is N#CCc1ccccc1C(=O)Nc1cccc(F)c1. The third-order valence-corrected chi connectivity index (χ3v) is 2.61. The number of hydrogen-bond donors (Lipinski definition) is 1. The molecule has 0 saturated carbocycles. The Kier molecular flexibility index (Phi) is 3.89. The summed E-state index contributed by atoms with van der Waals surface area (Å²) in [6.45, 7) is 0. The predicted molar refractivity (Wildman–Crippen MR) is 70.1 cm³/mol. The van der Waals surface area contributed by atoms with Gasteiger partial charge in [-0.05, 0) is 29.8 Å². The van der Waals surface area contributed by atoms with Crippen molar-refractivity contribution >= 4 is 11.6 Å². The van der Waals surface area contributed by atoms with Crippen molar-refractivity contribution in [3.8, 4) is 6.07 Å². The molecule has 0 aliphatic rings. The highest BCUT2D eigenvalue weighted by Crippen LogP contribution is 2.14. The van der Waals surface area contributed by atoms with Crippen molar-refractivity contribution in [2.75, 3.05) is 5.32 Å². The van der Waals surface area contributed by atoms with Crippen LogP contribution in [0, 0.1) is 17.1 Å². The van der Waals surface area contributed by atoms with Gasteiger partial charge in [0.25, 0.3) is 5.91 Å². The van der Waals surface area contributed by atoms with Crippen LogP contribution in [0.4, 0.5) is 10.1 Å². The number of carbonyl (C=O) groups excluding carboxylic acids is 1. The fourth-order valence-corrected chi connectivity index (χ4v) is 1.75. The normalized spacial score (nSPS) is 9.68. The predicted octanol–water partition coefficient (Wildman–Crippen LogP) is 3.14. The zero-order valence-corrected chi connectivity index (χ0v) is 10.1. The minimum absolute atomic E-state index is 0.159. The molecule has 0 fully saturated rings. The molecule has 0 unspecified atom stereocenters. The first-order valence-corrected chi connectivity index (χ1v) is 5.72. The van der Waals surface area contributed by atoms with E-state index in [1.54, 1.807) is 30.3 Å². The van der Waals surface area contributed by atoms with Crippen LogP contribution < -0.4 is 5.32 Å². The highest BCUT2D eigenvalue weighted by Gasteiger charge is 2.10. The van der Waals surface area contributed by atoms with E-state index in [-0.39, 0.29) is 12.3 Å². The third-order valence-electron chi connectivity index (χ3n) is 2.61. The molecule has 0 aromatic heterocycles. The van der Waals surface area contributed by atoms with Crippen LogP contribution in [0.5, 0.6) is 0 Å². The number of nitrogens with one attached hydrogen (secondary N) is 1. The lowest BCUT2D eigenvalue weighted by atomic mass is 10.0. The van der Waals surface area contributed by atoms with Crippen molar-refractivity contribution < 1.29 is 9.18 Å². The molecule has 0 aliphatic carbocycles. The van der Waals surface area contributed by atoms with E-state index in [0.29, 0.717) is 16.8 Å². The molecule has 3 nitrogen and oxygen atoms in total. The van der Waals surface area contributed by atoms with Crippen LogP contribution in [0.25, 0.3) is 0 Å². The minimum Gasteiger partial charge on any atom is -0.322 e. The zero-order chi connectivity index (χ0) is 13.7. The van der Waals surface area contributed by atoms with Gasteiger partial charge in [0.15, 0.2) is 0 Å². The van der Waals surface area contributed by atoms with Gasteiger partial charge < -0.3 is 5.32 Å². The summed E-state index contributed by atoms with van der Waals surface area (Å²) in [6, 6.07) is 14.5. The molecule has 2 aromatic carbocycles. The number of anilines is 1. The van der Waals surface area contributed by atoms with Gasteiger partial charge in [0, 0.05) is 11.3 Å². The third kappa shape index (κ3) is 3.17. The molecule has 2 rings (SSSR count). The van der Waals surface area contributed by atoms with E-state index in [1.165, 1.54) is 18.2 Å². The van der Waals surface area contributed by atoms with Crippen LogP contribution in [-0.4, -0.2) is 5.91 Å². The molecule has 0 aliphatic heterocycles. The molecule has 0 heterocycles. The van der Waals surface area contributed by atoms with Crippen molar-refractivity contribution in [1.82, 2.24) is 0 Å². The van der Waals surface area contributed by atoms with Gasteiger partial charge in [0.2, 0.25) is 0 Å². The first-order valence-electron chi connectivity index (χ1n) is 5.72. The maximum Gasteiger partial charge on any atom is 0.255 e. The van der Waals surface area contributed by atoms with Gasteiger partial charge in [0.05, 0.1) is 12.5 Å². The summed E-state index contributed by atoms with van der Waals surface area (Å²) in [5.41, 5.74) is 1.46. The molecule has 0 radical (unpaired) electrons. The Hall–Kier alpha value is -2.67. The van der Waals surface area contributed by atoms with Crippen LogP contribution in [0.1, 0.15) is 15.9 Å². The monoisotopic (exact) mass is 254 g/mol. The van der Waals surface area contributed by atoms with Gasteiger partial charge in [-0.3, -0.25) is 4.79 Å². The molecule has 1 N–H and O–H groups in total. The summed E-state index contributed by atoms with van der Waals surface area (Å²) in [5.74, 6) is -0.764. The van der Waals surface area contributed by atoms with Crippen molar-refractivity contribution in [2.45, 2.75) is 6.42 Å². The van der Waals surface area contributed by atoms with E-state index in [0.717, 1.165) is 0 Å². The fraction of sp³-hybridized carbons (Fsp3) is 0.0667. The number of hydrogen-bond acceptors (Lipinski definition) is 2. The minimum atomic E-state index is -0.414. The van der Waals surface area contributed by atoms with Crippen LogP contribution >= 0.6 is 0 Å². The van der Waals surface area contributed by atoms with Crippen molar-refractivity contribution in [3.05, 3.63) is 65.5 Å². The lowest BCUT2D eigenvalue weighted by Crippen LogP contribution is -2.14. The highest BCUT2D eigenvalue weighted by molar-refractivity contribution is 6.05. The number of benzene rings is 2. The molecule has 4 heteroatoms. The number of halogens is 1. The second-order valence-electron chi connectivity index (χ2n) is 3.96. The highest BCUT2D eigenvalue weighted by atomic mass is 19.1. The van der Waals surface area contributed by atoms with Gasteiger partial charge in [-0.25, -0.2) is 4.39 Å². The molecule has 0 bridgehead atoms. The lowest BCUT2D eigenvalue weighted by molar-refractivity contribution is 0.102. The number of carbonyl (C=O) groups is 1. The van der Waals surface area contributed by atoms with Crippen molar-refractivity contribution in [1.29, 1.82) is 5.26 Å². The largest absolute Gasteiger partial charge is 0.322 e. The molecule has 1 amide bonds. The Morgan fingerprint density at radius 3 is 2.74 bits per heavy atom. The Morgan fingerprint density at radius 2 is 2.00 bits per heavy atom. The standard InChI is InChI=1S/C15H11FN2O/c16-12-5-3-6-13(10-12)18-15(19)14-7-2-1-4-11(14)8-9-17/h1-7,10H,8H2,(H,18,19). The molecular formula is C15H11FN2O. The Morgan fingerprint density at radius 1 is 1.21 bits per heavy atom. The van der Waals surface area contributed by atoms with Crippen LogP contribution in [-0.2, 0) is 6.42 Å². The number of nitriles is 1. The first kappa shape index (κ1) is 12.8. The van der Waals surface area contributed by atoms with Gasteiger partial charge in [-0.15, -0.1) is 0 Å². The number of nitrogens with zero attached hydrogens (tertiary/aromatic N) is 1. The van der Waals surface area contributed by atoms with Crippen LogP contribution in [0.15, 0.2) is 48.5 Å².